The molecule has 0 unspecified atom stereocenters. The summed E-state index contributed by atoms with van der Waals surface area (Å²) in [4.78, 5) is 12.5. The number of hydrogen-bond donors (Lipinski definition) is 2. The van der Waals surface area contributed by atoms with Crippen molar-refractivity contribution in [2.45, 2.75) is 44.4 Å². The fourth-order valence-corrected chi connectivity index (χ4v) is 3.06. The zero-order valence-corrected chi connectivity index (χ0v) is 13.8. The fourth-order valence-electron chi connectivity index (χ4n) is 3.06. The highest BCUT2D eigenvalue weighted by Gasteiger charge is 2.23. The van der Waals surface area contributed by atoms with Crippen LogP contribution < -0.4 is 15.8 Å². The Morgan fingerprint density at radius 1 is 1.08 bits per heavy atom. The molecule has 0 spiro atoms. The molecule has 4 nitrogen and oxygen atoms in total. The average molecular weight is 324 g/mol. The molecule has 0 heterocycles. The number of nitrogens with one attached hydrogen (secondary N) is 1. The molecule has 4 heteroatoms. The van der Waals surface area contributed by atoms with E-state index in [1.165, 1.54) is 0 Å². The van der Waals surface area contributed by atoms with E-state index < -0.39 is 0 Å². The summed E-state index contributed by atoms with van der Waals surface area (Å²) in [5.41, 5.74) is 7.82. The number of benzene rings is 2. The van der Waals surface area contributed by atoms with Crippen LogP contribution >= 0.6 is 0 Å². The van der Waals surface area contributed by atoms with Gasteiger partial charge in [0.25, 0.3) is 5.91 Å². The van der Waals surface area contributed by atoms with Crippen LogP contribution in [0.15, 0.2) is 54.6 Å². The summed E-state index contributed by atoms with van der Waals surface area (Å²) in [6.07, 6.45) is 4.21. The van der Waals surface area contributed by atoms with Crippen LogP contribution in [0.4, 0.5) is 0 Å². The Bertz CT molecular complexity index is 672. The molecule has 1 fully saturated rings. The van der Waals surface area contributed by atoms with E-state index in [0.717, 1.165) is 31.2 Å². The normalized spacial score (nSPS) is 20.4. The summed E-state index contributed by atoms with van der Waals surface area (Å²) >= 11 is 0. The molecular formula is C20H24N2O2. The van der Waals surface area contributed by atoms with Gasteiger partial charge in [-0.2, -0.15) is 0 Å². The summed E-state index contributed by atoms with van der Waals surface area (Å²) in [7, 11) is 0. The zero-order chi connectivity index (χ0) is 16.8. The standard InChI is InChI=1S/C20H24N2O2/c21-18-11-4-5-12-19(18)22-20(23)16-9-6-10-17(13-16)24-14-15-7-2-1-3-8-15/h1-3,6-10,13,18-19H,4-5,11-12,14,21H2,(H,22,23)/t18-,19-/m1/s1. The lowest BCUT2D eigenvalue weighted by atomic mass is 9.91. The first-order chi connectivity index (χ1) is 11.7. The fraction of sp³-hybridized carbons (Fsp3) is 0.350. The number of carbonyl (C=O) groups is 1. The van der Waals surface area contributed by atoms with E-state index in [4.69, 9.17) is 10.5 Å². The van der Waals surface area contributed by atoms with Crippen LogP contribution in [0.25, 0.3) is 0 Å². The summed E-state index contributed by atoms with van der Waals surface area (Å²) < 4.78 is 5.79. The second-order valence-electron chi connectivity index (χ2n) is 6.33. The molecule has 0 aromatic heterocycles. The predicted octanol–water partition coefficient (Wildman–Crippen LogP) is 3.27. The van der Waals surface area contributed by atoms with E-state index in [1.807, 2.05) is 42.5 Å². The average Bonchev–Trinajstić information content (AvgIpc) is 2.63. The lowest BCUT2D eigenvalue weighted by Gasteiger charge is -2.29. The highest BCUT2D eigenvalue weighted by Crippen LogP contribution is 2.19. The SMILES string of the molecule is N[C@@H]1CCCC[C@H]1NC(=O)c1cccc(OCc2ccccc2)c1. The summed E-state index contributed by atoms with van der Waals surface area (Å²) in [6.45, 7) is 0.486. The molecule has 3 N–H and O–H groups in total. The molecule has 0 saturated heterocycles. The first-order valence-corrected chi connectivity index (χ1v) is 8.55. The van der Waals surface area contributed by atoms with Crippen LogP contribution in [0, 0.1) is 0 Å². The predicted molar refractivity (Wildman–Crippen MR) is 94.9 cm³/mol. The van der Waals surface area contributed by atoms with Gasteiger partial charge in [0.1, 0.15) is 12.4 Å². The van der Waals surface area contributed by atoms with Gasteiger partial charge in [-0.3, -0.25) is 4.79 Å². The second kappa shape index (κ2) is 7.97. The monoisotopic (exact) mass is 324 g/mol. The van der Waals surface area contributed by atoms with Crippen molar-refractivity contribution in [3.63, 3.8) is 0 Å². The number of carbonyl (C=O) groups excluding carboxylic acids is 1. The molecule has 2 atom stereocenters. The molecule has 0 bridgehead atoms. The van der Waals surface area contributed by atoms with Gasteiger partial charge in [-0.05, 0) is 36.6 Å². The van der Waals surface area contributed by atoms with Gasteiger partial charge in [-0.15, -0.1) is 0 Å². The second-order valence-corrected chi connectivity index (χ2v) is 6.33. The van der Waals surface area contributed by atoms with Crippen molar-refractivity contribution < 1.29 is 9.53 Å². The van der Waals surface area contributed by atoms with Gasteiger partial charge in [0.05, 0.1) is 0 Å². The van der Waals surface area contributed by atoms with Crippen molar-refractivity contribution in [2.24, 2.45) is 5.73 Å². The highest BCUT2D eigenvalue weighted by atomic mass is 16.5. The van der Waals surface area contributed by atoms with Crippen molar-refractivity contribution in [3.8, 4) is 5.75 Å². The summed E-state index contributed by atoms with van der Waals surface area (Å²) in [6, 6.07) is 17.4. The van der Waals surface area contributed by atoms with Crippen LogP contribution in [-0.4, -0.2) is 18.0 Å². The van der Waals surface area contributed by atoms with Crippen molar-refractivity contribution in [3.05, 3.63) is 65.7 Å². The first-order valence-electron chi connectivity index (χ1n) is 8.55. The number of hydrogen-bond acceptors (Lipinski definition) is 3. The van der Waals surface area contributed by atoms with Crippen LogP contribution in [0.1, 0.15) is 41.6 Å². The van der Waals surface area contributed by atoms with E-state index in [9.17, 15) is 4.79 Å². The lowest BCUT2D eigenvalue weighted by Crippen LogP contribution is -2.49. The van der Waals surface area contributed by atoms with Crippen LogP contribution in [0.3, 0.4) is 0 Å². The Balaban J connectivity index is 1.60. The molecule has 1 saturated carbocycles. The molecule has 1 aliphatic rings. The molecule has 2 aromatic carbocycles. The van der Waals surface area contributed by atoms with Gasteiger partial charge < -0.3 is 15.8 Å². The lowest BCUT2D eigenvalue weighted by molar-refractivity contribution is 0.0921. The number of rotatable bonds is 5. The van der Waals surface area contributed by atoms with Crippen molar-refractivity contribution in [2.75, 3.05) is 0 Å². The van der Waals surface area contributed by atoms with E-state index >= 15 is 0 Å². The third-order valence-electron chi connectivity index (χ3n) is 4.48. The van der Waals surface area contributed by atoms with Crippen molar-refractivity contribution >= 4 is 5.91 Å². The smallest absolute Gasteiger partial charge is 0.251 e. The van der Waals surface area contributed by atoms with Gasteiger partial charge in [0.15, 0.2) is 0 Å². The molecule has 1 amide bonds. The van der Waals surface area contributed by atoms with Crippen LogP contribution in [-0.2, 0) is 6.61 Å². The number of nitrogens with two attached hydrogens (primary N) is 1. The first kappa shape index (κ1) is 16.5. The molecule has 1 aliphatic carbocycles. The Labute approximate surface area is 143 Å². The Morgan fingerprint density at radius 3 is 2.67 bits per heavy atom. The Morgan fingerprint density at radius 2 is 1.88 bits per heavy atom. The molecule has 0 aliphatic heterocycles. The quantitative estimate of drug-likeness (QED) is 0.887. The molecule has 2 aromatic rings. The number of amides is 1. The van der Waals surface area contributed by atoms with Gasteiger partial charge in [-0.1, -0.05) is 49.2 Å². The third-order valence-corrected chi connectivity index (χ3v) is 4.48. The zero-order valence-electron chi connectivity index (χ0n) is 13.8. The third kappa shape index (κ3) is 4.36. The minimum atomic E-state index is -0.0810. The van der Waals surface area contributed by atoms with Crippen molar-refractivity contribution in [1.29, 1.82) is 0 Å². The minimum Gasteiger partial charge on any atom is -0.489 e. The summed E-state index contributed by atoms with van der Waals surface area (Å²) in [5, 5.41) is 3.07. The van der Waals surface area contributed by atoms with E-state index in [-0.39, 0.29) is 18.0 Å². The summed E-state index contributed by atoms with van der Waals surface area (Å²) in [5.74, 6) is 0.613. The van der Waals surface area contributed by atoms with Gasteiger partial charge >= 0.3 is 0 Å². The largest absolute Gasteiger partial charge is 0.489 e. The minimum absolute atomic E-state index is 0.0558. The molecule has 24 heavy (non-hydrogen) atoms. The molecule has 0 radical (unpaired) electrons. The molecule has 126 valence electrons. The van der Waals surface area contributed by atoms with Crippen LogP contribution in [0.5, 0.6) is 5.75 Å². The Hall–Kier alpha value is -2.33. The Kier molecular flexibility index (Phi) is 5.49. The van der Waals surface area contributed by atoms with Gasteiger partial charge in [0, 0.05) is 17.6 Å². The van der Waals surface area contributed by atoms with E-state index in [0.29, 0.717) is 17.9 Å². The maximum absolute atomic E-state index is 12.5. The number of ether oxygens (including phenoxy) is 1. The molecular weight excluding hydrogens is 300 g/mol. The van der Waals surface area contributed by atoms with Gasteiger partial charge in [0.2, 0.25) is 0 Å². The van der Waals surface area contributed by atoms with Crippen molar-refractivity contribution in [1.82, 2.24) is 5.32 Å². The van der Waals surface area contributed by atoms with E-state index in [2.05, 4.69) is 5.32 Å². The maximum atomic E-state index is 12.5. The topological polar surface area (TPSA) is 64.3 Å². The maximum Gasteiger partial charge on any atom is 0.251 e. The van der Waals surface area contributed by atoms with Gasteiger partial charge in [-0.25, -0.2) is 0 Å². The van der Waals surface area contributed by atoms with E-state index in [1.54, 1.807) is 12.1 Å². The molecule has 3 rings (SSSR count). The van der Waals surface area contributed by atoms with Crippen LogP contribution in [0.2, 0.25) is 0 Å². The highest BCUT2D eigenvalue weighted by molar-refractivity contribution is 5.94.